The van der Waals surface area contributed by atoms with Crippen molar-refractivity contribution in [2.75, 3.05) is 0 Å². The van der Waals surface area contributed by atoms with Gasteiger partial charge in [0.25, 0.3) is 0 Å². The Morgan fingerprint density at radius 1 is 0.674 bits per heavy atom. The van der Waals surface area contributed by atoms with Crippen molar-refractivity contribution in [3.63, 3.8) is 0 Å². The van der Waals surface area contributed by atoms with Gasteiger partial charge in [0.1, 0.15) is 0 Å². The van der Waals surface area contributed by atoms with Crippen LogP contribution >= 0.6 is 0 Å². The van der Waals surface area contributed by atoms with E-state index in [-0.39, 0.29) is 38.7 Å². The summed E-state index contributed by atoms with van der Waals surface area (Å²) >= 11 is 0. The molecule has 0 saturated carbocycles. The molecule has 5 rings (SSSR count). The van der Waals surface area contributed by atoms with Gasteiger partial charge in [0, 0.05) is 71.9 Å². The minimum atomic E-state index is -0.889. The smallest absolute Gasteiger partial charge is 0.303 e. The number of nitrogens with zero attached hydrogens (tertiary/aromatic N) is 2. The van der Waals surface area contributed by atoms with Crippen LogP contribution in [0.2, 0.25) is 0 Å². The molecule has 2 aliphatic rings. The first kappa shape index (κ1) is 31.8. The summed E-state index contributed by atoms with van der Waals surface area (Å²) in [6.07, 6.45) is 4.20. The molecule has 8 nitrogen and oxygen atoms in total. The summed E-state index contributed by atoms with van der Waals surface area (Å²) < 4.78 is 0. The molecule has 3 aromatic heterocycles. The van der Waals surface area contributed by atoms with E-state index in [4.69, 9.17) is 9.97 Å². The van der Waals surface area contributed by atoms with Crippen molar-refractivity contribution in [3.8, 4) is 0 Å². The van der Waals surface area contributed by atoms with Gasteiger partial charge in [0.05, 0.1) is 22.8 Å². The quantitative estimate of drug-likeness (QED) is 0.196. The predicted molar refractivity (Wildman–Crippen MR) is 175 cm³/mol. The molecule has 43 heavy (non-hydrogen) atoms. The summed E-state index contributed by atoms with van der Waals surface area (Å²) in [7, 11) is 0. The fraction of sp³-hybridized carbons (Fsp3) is 0.235. The minimum Gasteiger partial charge on any atom is -0.481 e. The Balaban J connectivity index is 0.00000423. The standard InChI is InChI=1S/C34H34N4O4.In/c1-7-21-17(3)25-13-26-19(5)23(9-11-33(39)40)31(37-26)16-32-24(10-12-34(41)42)20(6)28(38-32)15-30-22(8-2)18(4)27(36-30)14-29(21)35-25;/h7-8,13-16,35-36H,1-2,9-12H2,3-6H3,(H,39,40)(H,41,42);. The van der Waals surface area contributed by atoms with Crippen molar-refractivity contribution in [1.82, 2.24) is 19.9 Å². The number of nitrogens with one attached hydrogen (secondary N) is 2. The second-order valence-corrected chi connectivity index (χ2v) is 10.7. The van der Waals surface area contributed by atoms with Crippen molar-refractivity contribution < 1.29 is 19.8 Å². The van der Waals surface area contributed by atoms with Crippen LogP contribution < -0.4 is 0 Å². The van der Waals surface area contributed by atoms with E-state index in [1.165, 1.54) is 0 Å². The van der Waals surface area contributed by atoms with Gasteiger partial charge in [-0.15, -0.1) is 0 Å². The van der Waals surface area contributed by atoms with E-state index in [9.17, 15) is 19.8 Å². The molecule has 0 spiro atoms. The van der Waals surface area contributed by atoms with E-state index in [1.807, 2.05) is 58.0 Å². The predicted octanol–water partition coefficient (Wildman–Crippen LogP) is 7.43. The Labute approximate surface area is 268 Å². The average molecular weight is 677 g/mol. The molecule has 3 aromatic rings. The van der Waals surface area contributed by atoms with Crippen molar-refractivity contribution in [3.05, 3.63) is 82.5 Å². The molecule has 5 heterocycles. The van der Waals surface area contributed by atoms with Crippen LogP contribution in [0.4, 0.5) is 0 Å². The largest absolute Gasteiger partial charge is 0.481 e. The summed E-state index contributed by atoms with van der Waals surface area (Å²) in [5, 5.41) is 18.9. The first-order valence-electron chi connectivity index (χ1n) is 13.9. The number of allylic oxidation sites excluding steroid dienone is 4. The van der Waals surface area contributed by atoms with Crippen LogP contribution in [-0.4, -0.2) is 67.9 Å². The second-order valence-electron chi connectivity index (χ2n) is 10.7. The molecule has 0 fully saturated rings. The Bertz CT molecular complexity index is 1920. The van der Waals surface area contributed by atoms with E-state index in [1.54, 1.807) is 0 Å². The Kier molecular flexibility index (Phi) is 9.35. The fourth-order valence-electron chi connectivity index (χ4n) is 5.77. The van der Waals surface area contributed by atoms with Crippen LogP contribution in [-0.2, 0) is 9.59 Å². The number of aryl methyl sites for hydroxylation is 2. The summed E-state index contributed by atoms with van der Waals surface area (Å²) in [5.74, 6) is -1.78. The number of carboxylic acid groups (broad SMARTS) is 2. The molecular weight excluding hydrogens is 643 g/mol. The molecule has 217 valence electrons. The molecule has 0 aliphatic carbocycles. The van der Waals surface area contributed by atoms with Gasteiger partial charge in [0.2, 0.25) is 0 Å². The molecule has 0 aromatic carbocycles. The summed E-state index contributed by atoms with van der Waals surface area (Å²) in [5.41, 5.74) is 13.7. The molecular formula is C34H34InN4O4. The van der Waals surface area contributed by atoms with Crippen LogP contribution in [0.3, 0.4) is 0 Å². The van der Waals surface area contributed by atoms with Crippen molar-refractivity contribution in [2.45, 2.75) is 53.4 Å². The summed E-state index contributed by atoms with van der Waals surface area (Å²) in [6.45, 7) is 16.1. The molecule has 0 atom stereocenters. The van der Waals surface area contributed by atoms with Gasteiger partial charge >= 0.3 is 11.9 Å². The second kappa shape index (κ2) is 12.6. The van der Waals surface area contributed by atoms with E-state index in [0.717, 1.165) is 78.0 Å². The van der Waals surface area contributed by atoms with Gasteiger partial charge in [0.15, 0.2) is 0 Å². The maximum atomic E-state index is 11.5. The van der Waals surface area contributed by atoms with Crippen molar-refractivity contribution in [1.29, 1.82) is 0 Å². The van der Waals surface area contributed by atoms with Crippen LogP contribution in [0.15, 0.2) is 37.4 Å². The zero-order valence-electron chi connectivity index (χ0n) is 24.9. The van der Waals surface area contributed by atoms with Gasteiger partial charge < -0.3 is 20.2 Å². The zero-order valence-corrected chi connectivity index (χ0v) is 28.2. The van der Waals surface area contributed by atoms with Gasteiger partial charge in [-0.05, 0) is 98.2 Å². The van der Waals surface area contributed by atoms with Gasteiger partial charge in [-0.2, -0.15) is 0 Å². The normalized spacial score (nSPS) is 12.7. The fourth-order valence-corrected chi connectivity index (χ4v) is 5.77. The monoisotopic (exact) mass is 677 g/mol. The number of aromatic nitrogens is 4. The van der Waals surface area contributed by atoms with Crippen LogP contribution in [0.25, 0.3) is 56.5 Å². The third-order valence-electron chi connectivity index (χ3n) is 8.22. The number of carboxylic acids is 2. The van der Waals surface area contributed by atoms with Gasteiger partial charge in [-0.1, -0.05) is 25.3 Å². The third kappa shape index (κ3) is 6.04. The number of aromatic amines is 2. The Hall–Kier alpha value is -4.11. The number of rotatable bonds is 8. The molecule has 0 amide bonds. The number of aliphatic carboxylic acids is 2. The van der Waals surface area contributed by atoms with E-state index in [2.05, 4.69) is 29.2 Å². The molecule has 3 radical (unpaired) electrons. The van der Waals surface area contributed by atoms with Gasteiger partial charge in [-0.3, -0.25) is 9.59 Å². The number of hydrogen-bond donors (Lipinski definition) is 4. The van der Waals surface area contributed by atoms with Crippen LogP contribution in [0.5, 0.6) is 0 Å². The van der Waals surface area contributed by atoms with Crippen molar-refractivity contribution in [2.24, 2.45) is 0 Å². The summed E-state index contributed by atoms with van der Waals surface area (Å²) in [4.78, 5) is 40.0. The van der Waals surface area contributed by atoms with Gasteiger partial charge in [-0.25, -0.2) is 9.97 Å². The van der Waals surface area contributed by atoms with Crippen LogP contribution in [0.1, 0.15) is 84.6 Å². The summed E-state index contributed by atoms with van der Waals surface area (Å²) in [6, 6.07) is 7.88. The Morgan fingerprint density at radius 3 is 1.49 bits per heavy atom. The first-order chi connectivity index (χ1) is 20.0. The number of H-pyrrole nitrogens is 2. The number of fused-ring (bicyclic) bond motifs is 8. The molecule has 8 bridgehead atoms. The Morgan fingerprint density at radius 2 is 1.07 bits per heavy atom. The molecule has 4 N–H and O–H groups in total. The van der Waals surface area contributed by atoms with E-state index in [0.29, 0.717) is 24.2 Å². The minimum absolute atomic E-state index is 0. The van der Waals surface area contributed by atoms with Crippen molar-refractivity contribution >= 4 is 94.3 Å². The third-order valence-corrected chi connectivity index (χ3v) is 8.22. The zero-order chi connectivity index (χ0) is 30.3. The molecule has 9 heteroatoms. The number of carbonyl (C=O) groups is 2. The van der Waals surface area contributed by atoms with Crippen LogP contribution in [0, 0.1) is 13.8 Å². The maximum Gasteiger partial charge on any atom is 0.303 e. The molecule has 2 aliphatic heterocycles. The SMILES string of the molecule is C=Cc1c(C)c2cc3[nH]c(cc4nc(cc5nc(cc1[nH]2)C(C)=C5CCC(=O)O)C(CCC(=O)O)=C4C)c(C)c3C=C.[In]. The number of hydrogen-bond acceptors (Lipinski definition) is 4. The van der Waals surface area contributed by atoms with E-state index < -0.39 is 11.9 Å². The van der Waals surface area contributed by atoms with E-state index >= 15 is 0 Å². The maximum absolute atomic E-state index is 11.5. The first-order valence-corrected chi connectivity index (χ1v) is 13.9. The molecule has 0 saturated heterocycles. The average Bonchev–Trinajstić information content (AvgIpc) is 3.59. The topological polar surface area (TPSA) is 132 Å². The molecule has 0 unspecified atom stereocenters.